The summed E-state index contributed by atoms with van der Waals surface area (Å²) in [5, 5.41) is 3.12. The molecule has 0 radical (unpaired) electrons. The molecule has 0 bridgehead atoms. The number of benzene rings is 2. The van der Waals surface area contributed by atoms with Crippen molar-refractivity contribution in [3.63, 3.8) is 0 Å². The van der Waals surface area contributed by atoms with Crippen molar-refractivity contribution in [3.05, 3.63) is 53.9 Å². The Morgan fingerprint density at radius 2 is 1.56 bits per heavy atom. The zero-order chi connectivity index (χ0) is 28.8. The van der Waals surface area contributed by atoms with E-state index in [0.29, 0.717) is 29.4 Å². The van der Waals surface area contributed by atoms with Gasteiger partial charge in [0.2, 0.25) is 11.8 Å². The molecule has 8 nitrogen and oxygen atoms in total. The highest BCUT2D eigenvalue weighted by Gasteiger charge is 2.33. The van der Waals surface area contributed by atoms with Crippen LogP contribution < -0.4 is 14.8 Å². The van der Waals surface area contributed by atoms with Gasteiger partial charge in [0, 0.05) is 12.1 Å². The summed E-state index contributed by atoms with van der Waals surface area (Å²) in [4.78, 5) is 34.5. The van der Waals surface area contributed by atoms with Gasteiger partial charge in [-0.05, 0) is 62.4 Å². The Bertz CT molecular complexity index is 1320. The minimum absolute atomic E-state index is 0.124. The second-order valence-electron chi connectivity index (χ2n) is 11.6. The summed E-state index contributed by atoms with van der Waals surface area (Å²) in [6.45, 7) is 2.17. The van der Waals surface area contributed by atoms with Gasteiger partial charge in [-0.3, -0.25) is 9.59 Å². The van der Waals surface area contributed by atoms with E-state index in [2.05, 4.69) is 10.2 Å². The molecule has 3 aromatic rings. The summed E-state index contributed by atoms with van der Waals surface area (Å²) in [5.41, 5.74) is 2.58. The molecular weight excluding hydrogens is 516 g/mol. The molecule has 5 rings (SSSR count). The number of nitrogens with one attached hydrogen (secondary N) is 1. The van der Waals surface area contributed by atoms with Gasteiger partial charge in [-0.1, -0.05) is 56.7 Å². The fraction of sp³-hybridized carbons (Fsp3) is 0.545. The summed E-state index contributed by atoms with van der Waals surface area (Å²) in [6.07, 6.45) is 11.9. The van der Waals surface area contributed by atoms with Crippen molar-refractivity contribution in [2.45, 2.75) is 102 Å². The number of hydrogen-bond acceptors (Lipinski definition) is 5. The van der Waals surface area contributed by atoms with E-state index in [-0.39, 0.29) is 30.8 Å². The van der Waals surface area contributed by atoms with E-state index in [9.17, 15) is 9.59 Å². The minimum Gasteiger partial charge on any atom is -0.493 e. The second kappa shape index (κ2) is 13.4. The van der Waals surface area contributed by atoms with E-state index in [1.807, 2.05) is 47.9 Å². The molecule has 41 heavy (non-hydrogen) atoms. The number of imidazole rings is 1. The van der Waals surface area contributed by atoms with E-state index in [0.717, 1.165) is 42.3 Å². The Kier molecular flexibility index (Phi) is 9.47. The first-order valence-corrected chi connectivity index (χ1v) is 15.2. The molecule has 1 heterocycles. The number of aromatic nitrogens is 2. The lowest BCUT2D eigenvalue weighted by molar-refractivity contribution is -0.138. The minimum atomic E-state index is -0.374. The molecule has 1 aromatic heterocycles. The zero-order valence-corrected chi connectivity index (χ0v) is 24.7. The van der Waals surface area contributed by atoms with E-state index < -0.39 is 0 Å². The van der Waals surface area contributed by atoms with Crippen LogP contribution in [0.5, 0.6) is 11.5 Å². The van der Waals surface area contributed by atoms with Gasteiger partial charge in [-0.15, -0.1) is 0 Å². The lowest BCUT2D eigenvalue weighted by atomic mass is 9.88. The summed E-state index contributed by atoms with van der Waals surface area (Å²) in [5.74, 6) is 1.97. The zero-order valence-electron chi connectivity index (χ0n) is 24.7. The van der Waals surface area contributed by atoms with Crippen molar-refractivity contribution in [1.82, 2.24) is 19.8 Å². The molecule has 1 atom stereocenters. The first-order valence-electron chi connectivity index (χ1n) is 15.2. The highest BCUT2D eigenvalue weighted by molar-refractivity contribution is 5.82. The van der Waals surface area contributed by atoms with Crippen LogP contribution >= 0.6 is 0 Å². The van der Waals surface area contributed by atoms with E-state index in [1.165, 1.54) is 38.5 Å². The van der Waals surface area contributed by atoms with Crippen molar-refractivity contribution in [1.29, 1.82) is 0 Å². The van der Waals surface area contributed by atoms with Gasteiger partial charge in [-0.2, -0.15) is 0 Å². The fourth-order valence-corrected chi connectivity index (χ4v) is 6.76. The second-order valence-corrected chi connectivity index (χ2v) is 11.6. The number of fused-ring (bicyclic) bond motifs is 1. The van der Waals surface area contributed by atoms with E-state index in [1.54, 1.807) is 20.3 Å². The predicted molar refractivity (Wildman–Crippen MR) is 160 cm³/mol. The molecule has 0 aliphatic heterocycles. The van der Waals surface area contributed by atoms with Crippen LogP contribution in [0, 0.1) is 0 Å². The Morgan fingerprint density at radius 3 is 2.20 bits per heavy atom. The predicted octanol–water partition coefficient (Wildman–Crippen LogP) is 5.97. The van der Waals surface area contributed by atoms with Crippen LogP contribution in [0.1, 0.15) is 88.6 Å². The first kappa shape index (κ1) is 29.0. The molecule has 1 N–H and O–H groups in total. The molecule has 2 fully saturated rings. The monoisotopic (exact) mass is 560 g/mol. The van der Waals surface area contributed by atoms with Crippen molar-refractivity contribution >= 4 is 22.8 Å². The SMILES string of the molecule is COc1ccc(CC(=O)NC(C)c2nc3ccccc3n2CC(=O)N(C2CCCCC2)C2CCCCC2)cc1OC. The molecule has 0 spiro atoms. The van der Waals surface area contributed by atoms with E-state index >= 15 is 0 Å². The number of ether oxygens (including phenoxy) is 2. The number of amides is 2. The molecule has 2 aromatic carbocycles. The van der Waals surface area contributed by atoms with Crippen LogP contribution in [-0.2, 0) is 22.6 Å². The first-order chi connectivity index (χ1) is 20.0. The van der Waals surface area contributed by atoms with Gasteiger partial charge in [-0.25, -0.2) is 4.98 Å². The maximum atomic E-state index is 14.2. The third-order valence-corrected chi connectivity index (χ3v) is 8.78. The van der Waals surface area contributed by atoms with Crippen molar-refractivity contribution in [3.8, 4) is 11.5 Å². The number of rotatable bonds is 10. The quantitative estimate of drug-likeness (QED) is 0.330. The number of carbonyl (C=O) groups is 2. The number of hydrogen-bond donors (Lipinski definition) is 1. The average Bonchev–Trinajstić information content (AvgIpc) is 3.36. The number of carbonyl (C=O) groups excluding carboxylic acids is 2. The molecule has 8 heteroatoms. The van der Waals surface area contributed by atoms with Gasteiger partial charge in [0.15, 0.2) is 11.5 Å². The molecule has 220 valence electrons. The molecule has 2 aliphatic carbocycles. The van der Waals surface area contributed by atoms with Crippen molar-refractivity contribution < 1.29 is 19.1 Å². The van der Waals surface area contributed by atoms with Crippen LogP contribution in [0.3, 0.4) is 0 Å². The molecule has 0 saturated heterocycles. The Balaban J connectivity index is 1.36. The Hall–Kier alpha value is -3.55. The van der Waals surface area contributed by atoms with Crippen molar-refractivity contribution in [2.24, 2.45) is 0 Å². The number of para-hydroxylation sites is 2. The Morgan fingerprint density at radius 1 is 0.927 bits per heavy atom. The van der Waals surface area contributed by atoms with Gasteiger partial charge < -0.3 is 24.3 Å². The van der Waals surface area contributed by atoms with Crippen LogP contribution in [0.15, 0.2) is 42.5 Å². The maximum absolute atomic E-state index is 14.2. The largest absolute Gasteiger partial charge is 0.493 e. The fourth-order valence-electron chi connectivity index (χ4n) is 6.76. The molecule has 1 unspecified atom stereocenters. The van der Waals surface area contributed by atoms with Crippen LogP contribution in [0.4, 0.5) is 0 Å². The smallest absolute Gasteiger partial charge is 0.243 e. The van der Waals surface area contributed by atoms with Gasteiger partial charge in [0.25, 0.3) is 0 Å². The molecule has 2 amide bonds. The lowest BCUT2D eigenvalue weighted by Crippen LogP contribution is -2.50. The normalized spacial score (nSPS) is 17.2. The third-order valence-electron chi connectivity index (χ3n) is 8.78. The third kappa shape index (κ3) is 6.68. The Labute approximate surface area is 243 Å². The van der Waals surface area contributed by atoms with Gasteiger partial charge in [0.05, 0.1) is 37.7 Å². The van der Waals surface area contributed by atoms with Crippen LogP contribution in [0.2, 0.25) is 0 Å². The standard InChI is InChI=1S/C33H44N4O4/c1-23(34-31(38)21-24-18-19-29(40-2)30(20-24)41-3)33-35-27-16-10-11-17-28(27)36(33)22-32(39)37(25-12-6-4-7-13-25)26-14-8-5-9-15-26/h10-11,16-20,23,25-26H,4-9,12-15,21-22H2,1-3H3,(H,34,38). The van der Waals surface area contributed by atoms with Crippen molar-refractivity contribution in [2.75, 3.05) is 14.2 Å². The molecule has 2 saturated carbocycles. The lowest BCUT2D eigenvalue weighted by Gasteiger charge is -2.42. The van der Waals surface area contributed by atoms with Gasteiger partial charge in [0.1, 0.15) is 12.4 Å². The summed E-state index contributed by atoms with van der Waals surface area (Å²) < 4.78 is 12.7. The van der Waals surface area contributed by atoms with E-state index in [4.69, 9.17) is 14.5 Å². The van der Waals surface area contributed by atoms with Gasteiger partial charge >= 0.3 is 0 Å². The topological polar surface area (TPSA) is 85.7 Å². The molecule has 2 aliphatic rings. The summed E-state index contributed by atoms with van der Waals surface area (Å²) >= 11 is 0. The maximum Gasteiger partial charge on any atom is 0.243 e. The number of nitrogens with zero attached hydrogens (tertiary/aromatic N) is 3. The number of methoxy groups -OCH3 is 2. The van der Waals surface area contributed by atoms with Crippen LogP contribution in [0.25, 0.3) is 11.0 Å². The summed E-state index contributed by atoms with van der Waals surface area (Å²) in [7, 11) is 3.17. The van der Waals surface area contributed by atoms with Crippen LogP contribution in [-0.4, -0.2) is 52.6 Å². The highest BCUT2D eigenvalue weighted by Crippen LogP contribution is 2.32. The summed E-state index contributed by atoms with van der Waals surface area (Å²) in [6, 6.07) is 13.7. The average molecular weight is 561 g/mol. The molecular formula is C33H44N4O4. The highest BCUT2D eigenvalue weighted by atomic mass is 16.5.